The summed E-state index contributed by atoms with van der Waals surface area (Å²) in [6.45, 7) is 0. The van der Waals surface area contributed by atoms with E-state index in [0.717, 1.165) is 12.1 Å². The van der Waals surface area contributed by atoms with E-state index in [4.69, 9.17) is 5.26 Å². The summed E-state index contributed by atoms with van der Waals surface area (Å²) in [5.74, 6) is -0.820. The zero-order valence-corrected chi connectivity index (χ0v) is 6.60. The van der Waals surface area contributed by atoms with Gasteiger partial charge in [-0.05, 0) is 29.3 Å². The first kappa shape index (κ1) is 8.84. The van der Waals surface area contributed by atoms with Gasteiger partial charge in [0.1, 0.15) is 11.9 Å². The topological polar surface area (TPSA) is 63.9 Å². The summed E-state index contributed by atoms with van der Waals surface area (Å²) < 4.78 is 33.3. The van der Waals surface area contributed by atoms with Crippen molar-refractivity contribution in [3.63, 3.8) is 0 Å². The number of rotatable bonds is 1. The Morgan fingerprint density at radius 2 is 2.25 bits per heavy atom. The molecule has 0 aliphatic heterocycles. The Morgan fingerprint density at radius 3 is 2.67 bits per heavy atom. The Labute approximate surface area is 70.7 Å². The van der Waals surface area contributed by atoms with Crippen LogP contribution < -0.4 is 0 Å². The van der Waals surface area contributed by atoms with Crippen LogP contribution in [0.3, 0.4) is 0 Å². The van der Waals surface area contributed by atoms with Gasteiger partial charge >= 0.3 is 0 Å². The molecule has 1 aromatic carbocycles. The molecule has 1 unspecified atom stereocenters. The summed E-state index contributed by atoms with van der Waals surface area (Å²) in [5.41, 5.74) is -0.163. The minimum absolute atomic E-state index is 0.161. The van der Waals surface area contributed by atoms with E-state index in [1.807, 2.05) is 0 Å². The first-order valence-corrected chi connectivity index (χ1v) is 4.01. The van der Waals surface area contributed by atoms with Crippen LogP contribution in [-0.4, -0.2) is 8.76 Å². The number of nitrogens with zero attached hydrogens (tertiary/aromatic N) is 1. The van der Waals surface area contributed by atoms with Gasteiger partial charge in [0.15, 0.2) is 0 Å². The van der Waals surface area contributed by atoms with Crippen LogP contribution in [0.25, 0.3) is 0 Å². The second-order valence-corrected chi connectivity index (χ2v) is 2.93. The van der Waals surface area contributed by atoms with Gasteiger partial charge in [-0.25, -0.2) is 4.39 Å². The minimum Gasteiger partial charge on any atom is -0.768 e. The van der Waals surface area contributed by atoms with Gasteiger partial charge in [0, 0.05) is 4.90 Å². The van der Waals surface area contributed by atoms with Crippen molar-refractivity contribution in [1.82, 2.24) is 0 Å². The van der Waals surface area contributed by atoms with Gasteiger partial charge in [-0.15, -0.1) is 0 Å². The molecule has 0 spiro atoms. The molecule has 0 aromatic heterocycles. The van der Waals surface area contributed by atoms with Crippen LogP contribution in [0, 0.1) is 17.1 Å². The van der Waals surface area contributed by atoms with Crippen LogP contribution >= 0.6 is 0 Å². The highest BCUT2D eigenvalue weighted by molar-refractivity contribution is 7.79. The molecule has 1 atom stereocenters. The van der Waals surface area contributed by atoms with Crippen molar-refractivity contribution in [2.45, 2.75) is 4.90 Å². The minimum atomic E-state index is -2.45. The van der Waals surface area contributed by atoms with Gasteiger partial charge in [-0.2, -0.15) is 5.26 Å². The van der Waals surface area contributed by atoms with Crippen LogP contribution in [-0.2, 0) is 11.1 Å². The normalized spacial score (nSPS) is 12.1. The molecule has 3 nitrogen and oxygen atoms in total. The highest BCUT2D eigenvalue weighted by Crippen LogP contribution is 2.11. The summed E-state index contributed by atoms with van der Waals surface area (Å²) >= 11 is -2.45. The highest BCUT2D eigenvalue weighted by atomic mass is 32.2. The average Bonchev–Trinajstić information content (AvgIpc) is 2.04. The largest absolute Gasteiger partial charge is 0.768 e. The second-order valence-electron chi connectivity index (χ2n) is 1.99. The van der Waals surface area contributed by atoms with Crippen molar-refractivity contribution in [3.05, 3.63) is 29.6 Å². The van der Waals surface area contributed by atoms with E-state index in [0.29, 0.717) is 0 Å². The van der Waals surface area contributed by atoms with Crippen molar-refractivity contribution in [2.24, 2.45) is 0 Å². The Morgan fingerprint density at radius 1 is 1.58 bits per heavy atom. The van der Waals surface area contributed by atoms with Crippen LogP contribution in [0.2, 0.25) is 0 Å². The van der Waals surface area contributed by atoms with Crippen LogP contribution in [0.5, 0.6) is 0 Å². The SMILES string of the molecule is N#Cc1ccc(S(=O)[O-])cc1F. The van der Waals surface area contributed by atoms with Crippen molar-refractivity contribution < 1.29 is 13.2 Å². The lowest BCUT2D eigenvalue weighted by Gasteiger charge is -2.04. The van der Waals surface area contributed by atoms with Gasteiger partial charge < -0.3 is 4.55 Å². The summed E-state index contributed by atoms with van der Waals surface area (Å²) in [4.78, 5) is -0.161. The smallest absolute Gasteiger partial charge is 0.142 e. The van der Waals surface area contributed by atoms with Gasteiger partial charge in [-0.3, -0.25) is 4.21 Å². The lowest BCUT2D eigenvalue weighted by Crippen LogP contribution is -1.91. The molecule has 0 heterocycles. The van der Waals surface area contributed by atoms with Crippen LogP contribution in [0.4, 0.5) is 4.39 Å². The maximum absolute atomic E-state index is 12.7. The molecule has 0 N–H and O–H groups in total. The Kier molecular flexibility index (Phi) is 2.53. The van der Waals surface area contributed by atoms with Crippen LogP contribution in [0.15, 0.2) is 23.1 Å². The van der Waals surface area contributed by atoms with Crippen molar-refractivity contribution in [1.29, 1.82) is 5.26 Å². The lowest BCUT2D eigenvalue weighted by atomic mass is 10.2. The predicted octanol–water partition coefficient (Wildman–Crippen LogP) is 0.935. The fourth-order valence-corrected chi connectivity index (χ4v) is 1.07. The summed E-state index contributed by atoms with van der Waals surface area (Å²) in [7, 11) is 0. The Balaban J connectivity index is 3.21. The van der Waals surface area contributed by atoms with E-state index >= 15 is 0 Å². The molecule has 5 heteroatoms. The Bertz CT molecular complexity index is 372. The third-order valence-electron chi connectivity index (χ3n) is 1.25. The Hall–Kier alpha value is -1.25. The van der Waals surface area contributed by atoms with E-state index in [-0.39, 0.29) is 10.5 Å². The van der Waals surface area contributed by atoms with E-state index < -0.39 is 16.9 Å². The van der Waals surface area contributed by atoms with E-state index in [1.54, 1.807) is 6.07 Å². The summed E-state index contributed by atoms with van der Waals surface area (Å²) in [5, 5.41) is 8.30. The molecule has 0 bridgehead atoms. The molecule has 0 aliphatic rings. The van der Waals surface area contributed by atoms with E-state index in [1.165, 1.54) is 6.07 Å². The fourth-order valence-electron chi connectivity index (χ4n) is 0.690. The number of benzene rings is 1. The molecule has 1 aromatic rings. The van der Waals surface area contributed by atoms with Gasteiger partial charge in [-0.1, -0.05) is 0 Å². The highest BCUT2D eigenvalue weighted by Gasteiger charge is 2.01. The average molecular weight is 184 g/mol. The first-order valence-electron chi connectivity index (χ1n) is 2.94. The third-order valence-corrected chi connectivity index (χ3v) is 1.89. The van der Waals surface area contributed by atoms with Gasteiger partial charge in [0.2, 0.25) is 0 Å². The second kappa shape index (κ2) is 3.43. The molecule has 0 radical (unpaired) electrons. The number of hydrogen-bond acceptors (Lipinski definition) is 3. The molecule has 0 amide bonds. The molecule has 1 rings (SSSR count). The molecular formula is C7H3FNO2S-. The van der Waals surface area contributed by atoms with Crippen molar-refractivity contribution in [2.75, 3.05) is 0 Å². The van der Waals surface area contributed by atoms with E-state index in [2.05, 4.69) is 0 Å². The summed E-state index contributed by atoms with van der Waals surface area (Å²) in [6, 6.07) is 4.69. The molecule has 0 saturated heterocycles. The molecule has 62 valence electrons. The fraction of sp³-hybridized carbons (Fsp3) is 0. The lowest BCUT2D eigenvalue weighted by molar-refractivity contribution is 0.535. The van der Waals surface area contributed by atoms with Gasteiger partial charge in [0.25, 0.3) is 0 Å². The standard InChI is InChI=1S/C7H4FNO2S/c8-7-3-6(12(10)11)2-1-5(7)4-9/h1-3H,(H,10,11)/p-1. The molecule has 0 fully saturated rings. The summed E-state index contributed by atoms with van der Waals surface area (Å²) in [6.07, 6.45) is 0. The predicted molar refractivity (Wildman–Crippen MR) is 38.3 cm³/mol. The maximum Gasteiger partial charge on any atom is 0.142 e. The quantitative estimate of drug-likeness (QED) is 0.610. The molecule has 0 saturated carbocycles. The molecule has 0 aliphatic carbocycles. The van der Waals surface area contributed by atoms with Crippen molar-refractivity contribution in [3.8, 4) is 6.07 Å². The maximum atomic E-state index is 12.7. The third kappa shape index (κ3) is 1.67. The van der Waals surface area contributed by atoms with Gasteiger partial charge in [0.05, 0.1) is 5.56 Å². The van der Waals surface area contributed by atoms with Crippen molar-refractivity contribution >= 4 is 11.1 Å². The zero-order valence-electron chi connectivity index (χ0n) is 5.78. The molecular weight excluding hydrogens is 181 g/mol. The zero-order chi connectivity index (χ0) is 9.14. The monoisotopic (exact) mass is 184 g/mol. The first-order chi connectivity index (χ1) is 5.65. The number of hydrogen-bond donors (Lipinski definition) is 0. The molecule has 12 heavy (non-hydrogen) atoms. The van der Waals surface area contributed by atoms with Crippen LogP contribution in [0.1, 0.15) is 5.56 Å². The number of nitriles is 1. The number of halogens is 1. The van der Waals surface area contributed by atoms with E-state index in [9.17, 15) is 13.2 Å².